The van der Waals surface area contributed by atoms with Gasteiger partial charge in [0.15, 0.2) is 6.10 Å². The summed E-state index contributed by atoms with van der Waals surface area (Å²) < 4.78 is 26.2. The zero-order valence-electron chi connectivity index (χ0n) is 27.6. The summed E-state index contributed by atoms with van der Waals surface area (Å²) in [5, 5.41) is 0. The third kappa shape index (κ3) is 33.5. The van der Waals surface area contributed by atoms with Gasteiger partial charge in [-0.3, -0.25) is 14.1 Å². The Morgan fingerprint density at radius 1 is 0.581 bits per heavy atom. The summed E-state index contributed by atoms with van der Waals surface area (Å²) in [5.41, 5.74) is 0. The number of allylic oxidation sites excluding steroid dienone is 2. The lowest BCUT2D eigenvalue weighted by molar-refractivity contribution is -0.161. The number of phosphoric ester groups is 1. The van der Waals surface area contributed by atoms with Crippen LogP contribution in [0.1, 0.15) is 174 Å². The first-order valence-electron chi connectivity index (χ1n) is 17.5. The summed E-state index contributed by atoms with van der Waals surface area (Å²) in [6, 6.07) is 0. The molecule has 8 nitrogen and oxygen atoms in total. The van der Waals surface area contributed by atoms with E-state index in [1.807, 2.05) is 0 Å². The van der Waals surface area contributed by atoms with Gasteiger partial charge in [0, 0.05) is 12.8 Å². The Morgan fingerprint density at radius 2 is 0.977 bits per heavy atom. The summed E-state index contributed by atoms with van der Waals surface area (Å²) in [7, 11) is -4.74. The fourth-order valence-electron chi connectivity index (χ4n) is 4.90. The van der Waals surface area contributed by atoms with Crippen LogP contribution in [0.5, 0.6) is 0 Å². The maximum absolute atomic E-state index is 12.3. The van der Waals surface area contributed by atoms with Crippen LogP contribution in [0, 0.1) is 0 Å². The Morgan fingerprint density at radius 3 is 1.42 bits per heavy atom. The summed E-state index contributed by atoms with van der Waals surface area (Å²) in [6.45, 7) is 3.64. The Bertz CT molecular complexity index is 721. The van der Waals surface area contributed by atoms with E-state index >= 15 is 0 Å². The molecule has 0 radical (unpaired) electrons. The van der Waals surface area contributed by atoms with E-state index in [2.05, 4.69) is 30.5 Å². The molecule has 0 amide bonds. The summed E-state index contributed by atoms with van der Waals surface area (Å²) in [5.74, 6) is -0.892. The molecular formula is C34H65O8P. The molecule has 43 heavy (non-hydrogen) atoms. The Labute approximate surface area is 263 Å². The minimum atomic E-state index is -4.74. The molecule has 9 heteroatoms. The van der Waals surface area contributed by atoms with Gasteiger partial charge in [-0.05, 0) is 38.5 Å². The van der Waals surface area contributed by atoms with E-state index in [0.717, 1.165) is 51.4 Å². The van der Waals surface area contributed by atoms with Crippen LogP contribution < -0.4 is 0 Å². The molecule has 0 bridgehead atoms. The molecule has 0 heterocycles. The highest BCUT2D eigenvalue weighted by Gasteiger charge is 2.22. The highest BCUT2D eigenvalue weighted by Crippen LogP contribution is 2.36. The second-order valence-electron chi connectivity index (χ2n) is 11.8. The molecule has 0 aliphatic carbocycles. The molecule has 0 spiro atoms. The lowest BCUT2D eigenvalue weighted by Crippen LogP contribution is -2.29. The van der Waals surface area contributed by atoms with Crippen molar-refractivity contribution < 1.29 is 37.9 Å². The van der Waals surface area contributed by atoms with Crippen molar-refractivity contribution in [3.05, 3.63) is 12.2 Å². The number of unbranched alkanes of at least 4 members (excludes halogenated alkanes) is 20. The van der Waals surface area contributed by atoms with Gasteiger partial charge in [0.05, 0.1) is 6.61 Å². The van der Waals surface area contributed by atoms with Gasteiger partial charge in [-0.1, -0.05) is 135 Å². The fourth-order valence-corrected chi connectivity index (χ4v) is 5.26. The first kappa shape index (κ1) is 41.8. The number of rotatable bonds is 32. The molecule has 0 fully saturated rings. The number of hydrogen-bond acceptors (Lipinski definition) is 6. The lowest BCUT2D eigenvalue weighted by atomic mass is 10.1. The maximum Gasteiger partial charge on any atom is 0.469 e. The predicted octanol–water partition coefficient (Wildman–Crippen LogP) is 9.90. The highest BCUT2D eigenvalue weighted by atomic mass is 31.2. The SMILES string of the molecule is CCCCCCCC/C=C/CCCCCCCC(=O)O[C@H](COC(=O)CCCCCCCCCCCC)COP(=O)(O)O. The largest absolute Gasteiger partial charge is 0.469 e. The molecule has 0 aliphatic heterocycles. The van der Waals surface area contributed by atoms with Crippen molar-refractivity contribution in [3.63, 3.8) is 0 Å². The average Bonchev–Trinajstić information content (AvgIpc) is 2.97. The first-order chi connectivity index (χ1) is 20.8. The van der Waals surface area contributed by atoms with Gasteiger partial charge in [0.1, 0.15) is 6.61 Å². The van der Waals surface area contributed by atoms with Crippen molar-refractivity contribution in [2.45, 2.75) is 180 Å². The van der Waals surface area contributed by atoms with Crippen LogP contribution in [0.2, 0.25) is 0 Å². The third-order valence-corrected chi connectivity index (χ3v) is 8.02. The zero-order valence-corrected chi connectivity index (χ0v) is 28.5. The van der Waals surface area contributed by atoms with Gasteiger partial charge in [0.2, 0.25) is 0 Å². The van der Waals surface area contributed by atoms with Crippen LogP contribution in [0.25, 0.3) is 0 Å². The molecule has 254 valence electrons. The molecule has 1 atom stereocenters. The van der Waals surface area contributed by atoms with Crippen molar-refractivity contribution in [1.29, 1.82) is 0 Å². The van der Waals surface area contributed by atoms with E-state index in [-0.39, 0.29) is 19.4 Å². The van der Waals surface area contributed by atoms with Crippen LogP contribution >= 0.6 is 7.82 Å². The fraction of sp³-hybridized carbons (Fsp3) is 0.882. The number of carbonyl (C=O) groups excluding carboxylic acids is 2. The normalized spacial score (nSPS) is 12.6. The molecule has 0 aromatic rings. The number of carbonyl (C=O) groups is 2. The van der Waals surface area contributed by atoms with Crippen LogP contribution in [-0.4, -0.2) is 41.0 Å². The van der Waals surface area contributed by atoms with Gasteiger partial charge < -0.3 is 19.3 Å². The van der Waals surface area contributed by atoms with Gasteiger partial charge in [-0.25, -0.2) is 4.57 Å². The summed E-state index contributed by atoms with van der Waals surface area (Å²) in [4.78, 5) is 42.5. The molecule has 0 unspecified atom stereocenters. The average molecular weight is 633 g/mol. The van der Waals surface area contributed by atoms with Crippen molar-refractivity contribution >= 4 is 19.8 Å². The Hall–Kier alpha value is -1.21. The molecule has 0 aromatic heterocycles. The van der Waals surface area contributed by atoms with Gasteiger partial charge in [-0.2, -0.15) is 0 Å². The molecule has 2 N–H and O–H groups in total. The van der Waals surface area contributed by atoms with Crippen LogP contribution in [-0.2, 0) is 28.2 Å². The topological polar surface area (TPSA) is 119 Å². The van der Waals surface area contributed by atoms with Crippen LogP contribution in [0.3, 0.4) is 0 Å². The lowest BCUT2D eigenvalue weighted by Gasteiger charge is -2.18. The number of hydrogen-bond donors (Lipinski definition) is 2. The first-order valence-corrected chi connectivity index (χ1v) is 19.0. The molecule has 0 rings (SSSR count). The van der Waals surface area contributed by atoms with Crippen molar-refractivity contribution in [2.75, 3.05) is 13.2 Å². The second kappa shape index (κ2) is 30.8. The minimum absolute atomic E-state index is 0.205. The Kier molecular flexibility index (Phi) is 29.9. The van der Waals surface area contributed by atoms with E-state index in [9.17, 15) is 14.2 Å². The van der Waals surface area contributed by atoms with E-state index in [4.69, 9.17) is 19.3 Å². The third-order valence-electron chi connectivity index (χ3n) is 7.53. The molecule has 0 aromatic carbocycles. The minimum Gasteiger partial charge on any atom is -0.462 e. The van der Waals surface area contributed by atoms with Gasteiger partial charge in [-0.15, -0.1) is 0 Å². The van der Waals surface area contributed by atoms with Gasteiger partial charge >= 0.3 is 19.8 Å². The van der Waals surface area contributed by atoms with E-state index in [1.165, 1.54) is 89.9 Å². The standard InChI is InChI=1S/C34H65O8P/c1-3-5-7-9-11-13-15-16-17-18-19-21-23-25-27-29-34(36)42-32(31-41-43(37,38)39)30-40-33(35)28-26-24-22-20-14-12-10-8-6-4-2/h16-17,32H,3-15,18-31H2,1-2H3,(H2,37,38,39)/b17-16+/t32-/m1/s1. The predicted molar refractivity (Wildman–Crippen MR) is 175 cm³/mol. The van der Waals surface area contributed by atoms with Crippen molar-refractivity contribution in [2.24, 2.45) is 0 Å². The smallest absolute Gasteiger partial charge is 0.462 e. The summed E-state index contributed by atoms with van der Waals surface area (Å²) >= 11 is 0. The Balaban J connectivity index is 3.99. The molecular weight excluding hydrogens is 567 g/mol. The van der Waals surface area contributed by atoms with Crippen LogP contribution in [0.4, 0.5) is 0 Å². The zero-order chi connectivity index (χ0) is 31.9. The van der Waals surface area contributed by atoms with E-state index in [1.54, 1.807) is 0 Å². The van der Waals surface area contributed by atoms with Gasteiger partial charge in [0.25, 0.3) is 0 Å². The second-order valence-corrected chi connectivity index (χ2v) is 13.1. The quantitative estimate of drug-likeness (QED) is 0.0325. The molecule has 0 saturated carbocycles. The van der Waals surface area contributed by atoms with Crippen molar-refractivity contribution in [1.82, 2.24) is 0 Å². The highest BCUT2D eigenvalue weighted by molar-refractivity contribution is 7.46. The van der Waals surface area contributed by atoms with E-state index in [0.29, 0.717) is 6.42 Å². The number of ether oxygens (including phenoxy) is 2. The summed E-state index contributed by atoms with van der Waals surface area (Å²) in [6.07, 6.45) is 30.8. The monoisotopic (exact) mass is 632 g/mol. The maximum atomic E-state index is 12.3. The van der Waals surface area contributed by atoms with Crippen molar-refractivity contribution in [3.8, 4) is 0 Å². The number of phosphoric acid groups is 1. The van der Waals surface area contributed by atoms with Crippen LogP contribution in [0.15, 0.2) is 12.2 Å². The molecule has 0 saturated heterocycles. The molecule has 0 aliphatic rings. The van der Waals surface area contributed by atoms with E-state index < -0.39 is 32.5 Å². The number of esters is 2.